The normalized spacial score (nSPS) is 11.3. The number of aliphatic hydroxyl groups is 1. The van der Waals surface area contributed by atoms with Gasteiger partial charge in [0.25, 0.3) is 5.88 Å². The number of hydrogen-bond acceptors (Lipinski definition) is 8. The number of ether oxygens (including phenoxy) is 3. The Labute approximate surface area is 221 Å². The van der Waals surface area contributed by atoms with Crippen LogP contribution in [0.1, 0.15) is 26.3 Å². The number of rotatable bonds is 9. The van der Waals surface area contributed by atoms with Crippen molar-refractivity contribution in [3.8, 4) is 23.1 Å². The minimum atomic E-state index is -4.12. The van der Waals surface area contributed by atoms with Gasteiger partial charge in [-0.3, -0.25) is 0 Å². The Hall–Kier alpha value is -2.37. The van der Waals surface area contributed by atoms with E-state index in [-0.39, 0.29) is 76.3 Å². The number of methoxy groups -OCH3 is 1. The molecule has 1 N–H and O–H groups in total. The monoisotopic (exact) mass is 495 g/mol. The molecule has 1 aromatic heterocycles. The van der Waals surface area contributed by atoms with Gasteiger partial charge in [-0.15, -0.1) is 0 Å². The maximum Gasteiger partial charge on any atom is 1.00 e. The summed E-state index contributed by atoms with van der Waals surface area (Å²) < 4.78 is 46.5. The van der Waals surface area contributed by atoms with Gasteiger partial charge in [-0.05, 0) is 35.2 Å². The topological polar surface area (TPSA) is 122 Å². The van der Waals surface area contributed by atoms with Crippen LogP contribution < -0.4 is 43.8 Å². The molecular weight excluding hydrogens is 469 g/mol. The van der Waals surface area contributed by atoms with Gasteiger partial charge in [0.1, 0.15) is 6.61 Å². The van der Waals surface area contributed by atoms with E-state index >= 15 is 0 Å². The summed E-state index contributed by atoms with van der Waals surface area (Å²) in [5.74, 6) is 0.254. The first kappa shape index (κ1) is 27.9. The van der Waals surface area contributed by atoms with Crippen LogP contribution >= 0.6 is 0 Å². The number of aromatic nitrogens is 2. The molecule has 0 aliphatic carbocycles. The molecule has 0 atom stereocenters. The van der Waals surface area contributed by atoms with Crippen molar-refractivity contribution in [1.82, 2.24) is 9.97 Å². The maximum atomic E-state index is 13.0. The molecule has 1 heterocycles. The Morgan fingerprint density at radius 1 is 1.00 bits per heavy atom. The molecule has 0 bridgehead atoms. The Morgan fingerprint density at radius 3 is 2.24 bits per heavy atom. The Morgan fingerprint density at radius 2 is 1.65 bits per heavy atom. The second kappa shape index (κ2) is 11.9. The fourth-order valence-electron chi connectivity index (χ4n) is 2.85. The van der Waals surface area contributed by atoms with Crippen LogP contribution in [-0.4, -0.2) is 43.8 Å². The average molecular weight is 496 g/mol. The van der Waals surface area contributed by atoms with Gasteiger partial charge in [-0.1, -0.05) is 45.0 Å². The predicted molar refractivity (Wildman–Crippen MR) is 123 cm³/mol. The SMILES string of the molecule is COc1ccccc1Oc1c([N-]S(=O)(=O)c2ccc(C(C)(C)C)cc2)ncnc1OCCO.[Na+]. The number of nitrogens with zero attached hydrogens (tertiary/aromatic N) is 3. The molecule has 0 saturated heterocycles. The van der Waals surface area contributed by atoms with Gasteiger partial charge in [0.05, 0.1) is 18.6 Å². The molecule has 0 saturated carbocycles. The fraction of sp³-hybridized carbons (Fsp3) is 0.304. The molecule has 11 heteroatoms. The molecule has 3 rings (SSSR count). The molecule has 0 aliphatic heterocycles. The van der Waals surface area contributed by atoms with E-state index in [1.54, 1.807) is 36.4 Å². The molecular formula is C23H26N3NaO6S. The summed E-state index contributed by atoms with van der Waals surface area (Å²) in [5, 5.41) is 9.13. The smallest absolute Gasteiger partial charge is 0.493 e. The van der Waals surface area contributed by atoms with Crippen LogP contribution in [-0.2, 0) is 15.4 Å². The Balaban J connectivity index is 0.00000408. The van der Waals surface area contributed by atoms with Gasteiger partial charge in [0.2, 0.25) is 10.0 Å². The van der Waals surface area contributed by atoms with Crippen LogP contribution in [0.15, 0.2) is 59.8 Å². The summed E-state index contributed by atoms with van der Waals surface area (Å²) in [6.45, 7) is 5.76. The summed E-state index contributed by atoms with van der Waals surface area (Å²) in [7, 11) is -2.65. The van der Waals surface area contributed by atoms with Gasteiger partial charge in [0.15, 0.2) is 17.2 Å². The summed E-state index contributed by atoms with van der Waals surface area (Å²) in [5.41, 5.74) is 0.865. The molecule has 34 heavy (non-hydrogen) atoms. The maximum absolute atomic E-state index is 13.0. The van der Waals surface area contributed by atoms with Gasteiger partial charge in [-0.25, -0.2) is 13.4 Å². The molecule has 9 nitrogen and oxygen atoms in total. The predicted octanol–water partition coefficient (Wildman–Crippen LogP) is 1.34. The second-order valence-corrected chi connectivity index (χ2v) is 9.60. The van der Waals surface area contributed by atoms with Crippen molar-refractivity contribution in [1.29, 1.82) is 0 Å². The zero-order chi connectivity index (χ0) is 24.1. The zero-order valence-corrected chi connectivity index (χ0v) is 22.7. The van der Waals surface area contributed by atoms with E-state index < -0.39 is 10.0 Å². The van der Waals surface area contributed by atoms with E-state index in [1.807, 2.05) is 20.8 Å². The standard InChI is InChI=1S/C23H26N3O6S.Na/c1-23(2,3)16-9-11-17(12-10-16)33(28,29)26-21-20(22(25-15-24-21)31-14-13-27)32-19-8-6-5-7-18(19)30-4;/h5-12,15,27H,13-14H2,1-4H3;/q-1;+1. The van der Waals surface area contributed by atoms with E-state index in [0.29, 0.717) is 5.75 Å². The first-order chi connectivity index (χ1) is 15.7. The van der Waals surface area contributed by atoms with Crippen molar-refractivity contribution in [2.75, 3.05) is 20.3 Å². The van der Waals surface area contributed by atoms with Crippen LogP contribution in [0.4, 0.5) is 5.82 Å². The molecule has 3 aromatic rings. The quantitative estimate of drug-likeness (QED) is 0.442. The molecule has 0 fully saturated rings. The van der Waals surface area contributed by atoms with Crippen molar-refractivity contribution < 1.29 is 57.3 Å². The van der Waals surface area contributed by atoms with Crippen molar-refractivity contribution >= 4 is 15.8 Å². The van der Waals surface area contributed by atoms with Gasteiger partial charge >= 0.3 is 29.6 Å². The second-order valence-electron chi connectivity index (χ2n) is 8.00. The molecule has 0 unspecified atom stereocenters. The molecule has 0 amide bonds. The van der Waals surface area contributed by atoms with Gasteiger partial charge in [-0.2, -0.15) is 0 Å². The number of para-hydroxylation sites is 2. The number of benzene rings is 2. The Bertz CT molecular complexity index is 1200. The van der Waals surface area contributed by atoms with E-state index in [2.05, 4.69) is 14.7 Å². The van der Waals surface area contributed by atoms with Crippen molar-refractivity contribution in [3.63, 3.8) is 0 Å². The zero-order valence-electron chi connectivity index (χ0n) is 19.8. The third-order valence-corrected chi connectivity index (χ3v) is 5.87. The molecule has 2 aromatic carbocycles. The summed E-state index contributed by atoms with van der Waals surface area (Å²) >= 11 is 0. The minimum Gasteiger partial charge on any atom is -0.493 e. The summed E-state index contributed by atoms with van der Waals surface area (Å²) in [6.07, 6.45) is 1.11. The minimum absolute atomic E-state index is 0. The summed E-state index contributed by atoms with van der Waals surface area (Å²) in [6, 6.07) is 13.3. The van der Waals surface area contributed by atoms with Crippen LogP contribution in [0.5, 0.6) is 23.1 Å². The number of sulfonamides is 1. The molecule has 176 valence electrons. The number of aliphatic hydroxyl groups excluding tert-OH is 1. The van der Waals surface area contributed by atoms with Gasteiger partial charge in [0, 0.05) is 12.1 Å². The van der Waals surface area contributed by atoms with Crippen molar-refractivity contribution in [3.05, 3.63) is 65.1 Å². The van der Waals surface area contributed by atoms with E-state index in [4.69, 9.17) is 19.3 Å². The van der Waals surface area contributed by atoms with Crippen LogP contribution in [0.3, 0.4) is 0 Å². The van der Waals surface area contributed by atoms with Crippen molar-refractivity contribution in [2.45, 2.75) is 31.1 Å². The first-order valence-corrected chi connectivity index (χ1v) is 11.6. The van der Waals surface area contributed by atoms with Crippen LogP contribution in [0.25, 0.3) is 4.72 Å². The van der Waals surface area contributed by atoms with E-state index in [1.165, 1.54) is 19.2 Å². The van der Waals surface area contributed by atoms with Crippen LogP contribution in [0, 0.1) is 0 Å². The average Bonchev–Trinajstić information content (AvgIpc) is 2.79. The van der Waals surface area contributed by atoms with E-state index in [9.17, 15) is 8.42 Å². The third kappa shape index (κ3) is 6.83. The molecule has 0 spiro atoms. The Kier molecular flexibility index (Phi) is 9.72. The fourth-order valence-corrected chi connectivity index (χ4v) is 3.80. The first-order valence-electron chi connectivity index (χ1n) is 10.1. The van der Waals surface area contributed by atoms with Gasteiger partial charge < -0.3 is 29.0 Å². The largest absolute Gasteiger partial charge is 1.00 e. The molecule has 0 radical (unpaired) electrons. The number of hydrogen-bond donors (Lipinski definition) is 1. The van der Waals surface area contributed by atoms with Crippen molar-refractivity contribution in [2.24, 2.45) is 0 Å². The van der Waals surface area contributed by atoms with E-state index in [0.717, 1.165) is 11.9 Å². The summed E-state index contributed by atoms with van der Waals surface area (Å²) in [4.78, 5) is 8.02. The third-order valence-electron chi connectivity index (χ3n) is 4.59. The molecule has 0 aliphatic rings. The van der Waals surface area contributed by atoms with Crippen LogP contribution in [0.2, 0.25) is 0 Å².